The van der Waals surface area contributed by atoms with E-state index in [2.05, 4.69) is 25.8 Å². The van der Waals surface area contributed by atoms with Gasteiger partial charge in [0, 0.05) is 17.5 Å². The Labute approximate surface area is 141 Å². The summed E-state index contributed by atoms with van der Waals surface area (Å²) in [6, 6.07) is 9.85. The fourth-order valence-electron chi connectivity index (χ4n) is 1.86. The summed E-state index contributed by atoms with van der Waals surface area (Å²) in [7, 11) is 0. The van der Waals surface area contributed by atoms with Crippen molar-refractivity contribution in [3.05, 3.63) is 35.7 Å². The number of hydrogen-bond acceptors (Lipinski definition) is 7. The van der Waals surface area contributed by atoms with E-state index < -0.39 is 0 Å². The predicted molar refractivity (Wildman–Crippen MR) is 90.4 cm³/mol. The molecule has 0 fully saturated rings. The van der Waals surface area contributed by atoms with Gasteiger partial charge in [0.05, 0.1) is 11.4 Å². The molecule has 3 aromatic rings. The quantitative estimate of drug-likeness (QED) is 0.690. The van der Waals surface area contributed by atoms with Gasteiger partial charge < -0.3 is 5.32 Å². The molecule has 0 aliphatic heterocycles. The minimum Gasteiger partial charge on any atom is -0.301 e. The minimum atomic E-state index is -0.130. The molecule has 0 aliphatic carbocycles. The van der Waals surface area contributed by atoms with Gasteiger partial charge in [-0.2, -0.15) is 0 Å². The van der Waals surface area contributed by atoms with E-state index in [1.54, 1.807) is 4.68 Å². The fraction of sp³-hybridized carbons (Fsp3) is 0.214. The Kier molecular flexibility index (Phi) is 4.99. The number of thiazole rings is 1. The van der Waals surface area contributed by atoms with Crippen molar-refractivity contribution in [1.82, 2.24) is 25.2 Å². The Balaban J connectivity index is 1.57. The predicted octanol–water partition coefficient (Wildman–Crippen LogP) is 2.55. The molecule has 0 aliphatic rings. The van der Waals surface area contributed by atoms with Crippen molar-refractivity contribution in [2.24, 2.45) is 0 Å². The Morgan fingerprint density at radius 1 is 1.35 bits per heavy atom. The number of amides is 1. The fourth-order valence-corrected chi connectivity index (χ4v) is 3.33. The third kappa shape index (κ3) is 3.93. The van der Waals surface area contributed by atoms with E-state index >= 15 is 0 Å². The van der Waals surface area contributed by atoms with Crippen LogP contribution in [0.25, 0.3) is 11.3 Å². The van der Waals surface area contributed by atoms with Gasteiger partial charge >= 0.3 is 0 Å². The van der Waals surface area contributed by atoms with Crippen LogP contribution in [0.2, 0.25) is 0 Å². The summed E-state index contributed by atoms with van der Waals surface area (Å²) in [6.07, 6.45) is 0. The van der Waals surface area contributed by atoms with Gasteiger partial charge in [-0.15, -0.1) is 16.4 Å². The van der Waals surface area contributed by atoms with Crippen LogP contribution in [0.1, 0.15) is 6.92 Å². The maximum absolute atomic E-state index is 12.0. The molecule has 1 aromatic carbocycles. The lowest BCUT2D eigenvalue weighted by Crippen LogP contribution is -2.14. The van der Waals surface area contributed by atoms with Crippen molar-refractivity contribution < 1.29 is 4.79 Å². The summed E-state index contributed by atoms with van der Waals surface area (Å²) in [4.78, 5) is 16.4. The zero-order valence-corrected chi connectivity index (χ0v) is 14.0. The number of nitrogens with zero attached hydrogens (tertiary/aromatic N) is 5. The van der Waals surface area contributed by atoms with Crippen LogP contribution in [0.4, 0.5) is 5.13 Å². The van der Waals surface area contributed by atoms with Crippen LogP contribution in [-0.2, 0) is 11.3 Å². The molecule has 118 valence electrons. The molecule has 3 rings (SSSR count). The van der Waals surface area contributed by atoms with Gasteiger partial charge in [0.25, 0.3) is 0 Å². The lowest BCUT2D eigenvalue weighted by molar-refractivity contribution is -0.113. The first-order valence-electron chi connectivity index (χ1n) is 6.96. The molecule has 1 amide bonds. The van der Waals surface area contributed by atoms with Crippen LogP contribution in [-0.4, -0.2) is 36.9 Å². The molecular formula is C14H14N6OS2. The number of anilines is 1. The van der Waals surface area contributed by atoms with E-state index in [9.17, 15) is 4.79 Å². The monoisotopic (exact) mass is 346 g/mol. The SMILES string of the molecule is CCn1nnnc1SCC(=O)Nc1nc(-c2ccccc2)cs1. The number of tetrazole rings is 1. The summed E-state index contributed by atoms with van der Waals surface area (Å²) in [6.45, 7) is 2.62. The van der Waals surface area contributed by atoms with Crippen LogP contribution >= 0.6 is 23.1 Å². The molecule has 0 spiro atoms. The second-order valence-corrected chi connectivity index (χ2v) is 6.32. The first kappa shape index (κ1) is 15.6. The number of nitrogens with one attached hydrogen (secondary N) is 1. The molecule has 2 aromatic heterocycles. The average Bonchev–Trinajstić information content (AvgIpc) is 3.22. The highest BCUT2D eigenvalue weighted by molar-refractivity contribution is 7.99. The van der Waals surface area contributed by atoms with Crippen LogP contribution in [0.5, 0.6) is 0 Å². The maximum Gasteiger partial charge on any atom is 0.236 e. The zero-order chi connectivity index (χ0) is 16.1. The Bertz CT molecular complexity index is 785. The highest BCUT2D eigenvalue weighted by Crippen LogP contribution is 2.24. The molecule has 9 heteroatoms. The van der Waals surface area contributed by atoms with E-state index in [1.165, 1.54) is 23.1 Å². The van der Waals surface area contributed by atoms with Crippen molar-refractivity contribution in [3.63, 3.8) is 0 Å². The minimum absolute atomic E-state index is 0.130. The largest absolute Gasteiger partial charge is 0.301 e. The molecule has 0 radical (unpaired) electrons. The maximum atomic E-state index is 12.0. The van der Waals surface area contributed by atoms with Gasteiger partial charge in [0.15, 0.2) is 5.13 Å². The lowest BCUT2D eigenvalue weighted by atomic mass is 10.2. The van der Waals surface area contributed by atoms with E-state index in [0.29, 0.717) is 16.8 Å². The van der Waals surface area contributed by atoms with Crippen LogP contribution in [0.3, 0.4) is 0 Å². The summed E-state index contributed by atoms with van der Waals surface area (Å²) in [5, 5.41) is 17.2. The van der Waals surface area contributed by atoms with Crippen molar-refractivity contribution in [3.8, 4) is 11.3 Å². The average molecular weight is 346 g/mol. The Morgan fingerprint density at radius 2 is 2.17 bits per heavy atom. The van der Waals surface area contributed by atoms with Gasteiger partial charge in [0.2, 0.25) is 11.1 Å². The molecular weight excluding hydrogens is 332 g/mol. The third-order valence-corrected chi connectivity index (χ3v) is 4.67. The van der Waals surface area contributed by atoms with E-state index in [4.69, 9.17) is 0 Å². The number of carbonyl (C=O) groups is 1. The topological polar surface area (TPSA) is 85.6 Å². The number of benzene rings is 1. The highest BCUT2D eigenvalue weighted by Gasteiger charge is 2.11. The van der Waals surface area contributed by atoms with Gasteiger partial charge in [-0.1, -0.05) is 42.1 Å². The van der Waals surface area contributed by atoms with E-state index in [-0.39, 0.29) is 11.7 Å². The first-order valence-corrected chi connectivity index (χ1v) is 8.82. The van der Waals surface area contributed by atoms with Crippen molar-refractivity contribution in [1.29, 1.82) is 0 Å². The summed E-state index contributed by atoms with van der Waals surface area (Å²) in [5.74, 6) is 0.107. The van der Waals surface area contributed by atoms with Gasteiger partial charge in [-0.3, -0.25) is 4.79 Å². The van der Waals surface area contributed by atoms with Crippen LogP contribution in [0, 0.1) is 0 Å². The Hall–Kier alpha value is -2.26. The Morgan fingerprint density at radius 3 is 2.96 bits per heavy atom. The smallest absolute Gasteiger partial charge is 0.236 e. The number of thioether (sulfide) groups is 1. The van der Waals surface area contributed by atoms with Crippen molar-refractivity contribution in [2.45, 2.75) is 18.6 Å². The lowest BCUT2D eigenvalue weighted by Gasteiger charge is -2.01. The summed E-state index contributed by atoms with van der Waals surface area (Å²) in [5.41, 5.74) is 1.88. The first-order chi connectivity index (χ1) is 11.3. The standard InChI is InChI=1S/C14H14N6OS2/c1-2-20-14(17-18-19-20)23-9-12(21)16-13-15-11(8-22-13)10-6-4-3-5-7-10/h3-8H,2,9H2,1H3,(H,15,16,21). The van der Waals surface area contributed by atoms with E-state index in [1.807, 2.05) is 42.6 Å². The van der Waals surface area contributed by atoms with Gasteiger partial charge in [0.1, 0.15) is 0 Å². The normalized spacial score (nSPS) is 10.7. The molecule has 0 unspecified atom stereocenters. The number of aromatic nitrogens is 5. The summed E-state index contributed by atoms with van der Waals surface area (Å²) >= 11 is 2.71. The number of rotatable bonds is 6. The number of aryl methyl sites for hydroxylation is 1. The molecule has 1 N–H and O–H groups in total. The molecule has 7 nitrogen and oxygen atoms in total. The second kappa shape index (κ2) is 7.34. The van der Waals surface area contributed by atoms with Crippen LogP contribution < -0.4 is 5.32 Å². The summed E-state index contributed by atoms with van der Waals surface area (Å²) < 4.78 is 1.65. The van der Waals surface area contributed by atoms with Gasteiger partial charge in [-0.05, 0) is 17.4 Å². The molecule has 0 saturated heterocycles. The molecule has 23 heavy (non-hydrogen) atoms. The van der Waals surface area contributed by atoms with E-state index in [0.717, 1.165) is 11.3 Å². The van der Waals surface area contributed by atoms with Gasteiger partial charge in [-0.25, -0.2) is 9.67 Å². The molecule has 2 heterocycles. The van der Waals surface area contributed by atoms with Crippen LogP contribution in [0.15, 0.2) is 40.9 Å². The molecule has 0 atom stereocenters. The molecule has 0 bridgehead atoms. The molecule has 0 saturated carbocycles. The zero-order valence-electron chi connectivity index (χ0n) is 12.3. The highest BCUT2D eigenvalue weighted by atomic mass is 32.2. The van der Waals surface area contributed by atoms with Crippen molar-refractivity contribution >= 4 is 34.1 Å². The number of hydrogen-bond donors (Lipinski definition) is 1. The van der Waals surface area contributed by atoms with Crippen molar-refractivity contribution in [2.75, 3.05) is 11.1 Å². The third-order valence-electron chi connectivity index (χ3n) is 2.95. The second-order valence-electron chi connectivity index (χ2n) is 4.52. The number of carbonyl (C=O) groups excluding carboxylic acids is 1.